The molecule has 60 heavy (non-hydrogen) atoms. The first kappa shape index (κ1) is 42.5. The van der Waals surface area contributed by atoms with Crippen molar-refractivity contribution in [3.63, 3.8) is 0 Å². The van der Waals surface area contributed by atoms with Crippen molar-refractivity contribution in [2.45, 2.75) is 94.8 Å². The summed E-state index contributed by atoms with van der Waals surface area (Å²) in [5.41, 5.74) is 3.06. The molecule has 3 aromatic carbocycles. The van der Waals surface area contributed by atoms with Crippen LogP contribution in [-0.4, -0.2) is 126 Å². The molecule has 15 nitrogen and oxygen atoms in total. The van der Waals surface area contributed by atoms with Crippen LogP contribution in [0.4, 0.5) is 0 Å². The first-order valence-electron chi connectivity index (χ1n) is 20.6. The zero-order valence-electron chi connectivity index (χ0n) is 33.5. The average Bonchev–Trinajstić information content (AvgIpc) is 3.91. The number of carbonyl (C=O) groups is 6. The summed E-state index contributed by atoms with van der Waals surface area (Å²) >= 11 is 0. The number of rotatable bonds is 6. The summed E-state index contributed by atoms with van der Waals surface area (Å²) < 4.78 is 34.9. The van der Waals surface area contributed by atoms with Crippen LogP contribution in [0, 0.1) is 0 Å². The molecule has 0 N–H and O–H groups in total. The summed E-state index contributed by atoms with van der Waals surface area (Å²) in [7, 11) is 0. The van der Waals surface area contributed by atoms with Crippen molar-refractivity contribution in [3.05, 3.63) is 108 Å². The number of hydrogen-bond donors (Lipinski definition) is 0. The maximum Gasteiger partial charge on any atom is 0.306 e. The molecule has 0 saturated carbocycles. The van der Waals surface area contributed by atoms with Gasteiger partial charge in [-0.05, 0) is 16.7 Å². The molecule has 4 saturated heterocycles. The van der Waals surface area contributed by atoms with Gasteiger partial charge in [0.05, 0.1) is 38.5 Å². The third kappa shape index (κ3) is 12.4. The van der Waals surface area contributed by atoms with E-state index in [9.17, 15) is 28.8 Å². The number of nitrogens with zero attached hydrogens (tertiary/aromatic N) is 3. The minimum absolute atomic E-state index is 0.276. The number of fused-ring (bicyclic) bond motifs is 3. The molecule has 0 aromatic heterocycles. The van der Waals surface area contributed by atoms with Gasteiger partial charge in [0.2, 0.25) is 0 Å². The van der Waals surface area contributed by atoms with Crippen LogP contribution in [0.25, 0.3) is 0 Å². The number of benzene rings is 3. The van der Waals surface area contributed by atoms with Gasteiger partial charge >= 0.3 is 35.8 Å². The van der Waals surface area contributed by atoms with Crippen LogP contribution in [0.2, 0.25) is 0 Å². The lowest BCUT2D eigenvalue weighted by atomic mass is 10.2. The average molecular weight is 826 g/mol. The van der Waals surface area contributed by atoms with Gasteiger partial charge in [-0.25, -0.2) is 0 Å². The molecule has 4 aliphatic heterocycles. The van der Waals surface area contributed by atoms with E-state index >= 15 is 0 Å². The monoisotopic (exact) mass is 825 g/mol. The summed E-state index contributed by atoms with van der Waals surface area (Å²) in [6.07, 6.45) is -6.71. The van der Waals surface area contributed by atoms with Gasteiger partial charge in [-0.2, -0.15) is 0 Å². The van der Waals surface area contributed by atoms with Crippen LogP contribution in [0.1, 0.15) is 55.2 Å². The predicted molar refractivity (Wildman–Crippen MR) is 212 cm³/mol. The molecule has 0 spiro atoms. The van der Waals surface area contributed by atoms with E-state index in [-0.39, 0.29) is 77.8 Å². The minimum atomic E-state index is -0.826. The maximum atomic E-state index is 13.2. The van der Waals surface area contributed by atoms with Crippen LogP contribution in [0.15, 0.2) is 91.0 Å². The van der Waals surface area contributed by atoms with E-state index in [0.29, 0.717) is 19.6 Å². The van der Waals surface area contributed by atoms with Crippen molar-refractivity contribution >= 4 is 35.8 Å². The molecule has 0 aliphatic carbocycles. The van der Waals surface area contributed by atoms with Gasteiger partial charge in [0.1, 0.15) is 0 Å². The van der Waals surface area contributed by atoms with E-state index in [2.05, 4.69) is 0 Å². The number of ether oxygens (including phenoxy) is 6. The molecule has 3 aromatic rings. The van der Waals surface area contributed by atoms with E-state index < -0.39 is 72.4 Å². The summed E-state index contributed by atoms with van der Waals surface area (Å²) in [6.45, 7) is 3.21. The Bertz CT molecular complexity index is 1650. The van der Waals surface area contributed by atoms with Gasteiger partial charge in [0.25, 0.3) is 0 Å². The highest BCUT2D eigenvalue weighted by Crippen LogP contribution is 2.25. The van der Waals surface area contributed by atoms with Crippen molar-refractivity contribution in [3.8, 4) is 0 Å². The Balaban J connectivity index is 1.05. The van der Waals surface area contributed by atoms with Crippen molar-refractivity contribution in [2.24, 2.45) is 0 Å². The lowest BCUT2D eigenvalue weighted by Gasteiger charge is -2.21. The van der Waals surface area contributed by atoms with Crippen molar-refractivity contribution in [1.29, 1.82) is 0 Å². The molecule has 0 bridgehead atoms. The van der Waals surface area contributed by atoms with Gasteiger partial charge in [0.15, 0.2) is 36.6 Å². The van der Waals surface area contributed by atoms with Crippen LogP contribution in [0.3, 0.4) is 0 Å². The smallest absolute Gasteiger partial charge is 0.306 e. The zero-order valence-corrected chi connectivity index (χ0v) is 33.5. The van der Waals surface area contributed by atoms with Gasteiger partial charge in [-0.1, -0.05) is 91.0 Å². The van der Waals surface area contributed by atoms with Crippen molar-refractivity contribution < 1.29 is 57.2 Å². The third-order valence-electron chi connectivity index (χ3n) is 10.9. The van der Waals surface area contributed by atoms with Gasteiger partial charge in [-0.15, -0.1) is 0 Å². The highest BCUT2D eigenvalue weighted by Gasteiger charge is 2.42. The summed E-state index contributed by atoms with van der Waals surface area (Å²) in [5.74, 6) is -4.02. The number of carbonyl (C=O) groups excluding carboxylic acids is 6. The predicted octanol–water partition coefficient (Wildman–Crippen LogP) is 3.36. The highest BCUT2D eigenvalue weighted by molar-refractivity contribution is 5.80. The number of esters is 6. The van der Waals surface area contributed by atoms with Gasteiger partial charge in [0, 0.05) is 58.9 Å². The Labute approximate surface area is 348 Å². The van der Waals surface area contributed by atoms with Crippen molar-refractivity contribution in [2.75, 3.05) is 39.3 Å². The molecule has 0 amide bonds. The second-order valence-corrected chi connectivity index (χ2v) is 15.7. The largest absolute Gasteiger partial charge is 0.457 e. The maximum absolute atomic E-state index is 13.2. The van der Waals surface area contributed by atoms with E-state index in [1.165, 1.54) is 0 Å². The Hall–Kier alpha value is -5.64. The third-order valence-corrected chi connectivity index (χ3v) is 10.9. The van der Waals surface area contributed by atoms with Crippen LogP contribution < -0.4 is 0 Å². The van der Waals surface area contributed by atoms with E-state index in [1.807, 2.05) is 106 Å². The first-order chi connectivity index (χ1) is 29.1. The number of likely N-dealkylation sites (tertiary alicyclic amines) is 3. The molecule has 4 heterocycles. The summed E-state index contributed by atoms with van der Waals surface area (Å²) in [4.78, 5) is 85.0. The molecular formula is C45H51N3O12. The lowest BCUT2D eigenvalue weighted by molar-refractivity contribution is -0.170. The SMILES string of the molecule is O=C1CCC(=O)O[C@H]2CN(Cc3ccccc3)C[C@@H]2OC(=O)CCC(=O)O[C@H]2CN(Cc3ccccc3)C[C@@H]2OC(=O)CCC(=O)O[C@H]2CN(Cc3ccccc3)C[C@@H]2O1. The highest BCUT2D eigenvalue weighted by atomic mass is 16.6. The molecule has 0 unspecified atom stereocenters. The first-order valence-corrected chi connectivity index (χ1v) is 20.6. The molecular weight excluding hydrogens is 775 g/mol. The van der Waals surface area contributed by atoms with Crippen LogP contribution >= 0.6 is 0 Å². The molecule has 0 radical (unpaired) electrons. The molecule has 4 aliphatic rings. The summed E-state index contributed by atoms with van der Waals surface area (Å²) in [6, 6.07) is 29.1. The Kier molecular flexibility index (Phi) is 14.6. The Morgan fingerprint density at radius 2 is 0.500 bits per heavy atom. The normalized spacial score (nSPS) is 27.2. The quantitative estimate of drug-likeness (QED) is 0.262. The fourth-order valence-electron chi connectivity index (χ4n) is 8.03. The molecule has 318 valence electrons. The fourth-order valence-corrected chi connectivity index (χ4v) is 8.03. The second-order valence-electron chi connectivity index (χ2n) is 15.7. The minimum Gasteiger partial charge on any atom is -0.457 e. The van der Waals surface area contributed by atoms with E-state index in [0.717, 1.165) is 16.7 Å². The van der Waals surface area contributed by atoms with Gasteiger partial charge < -0.3 is 28.4 Å². The Morgan fingerprint density at radius 1 is 0.317 bits per heavy atom. The molecule has 6 atom stereocenters. The summed E-state index contributed by atoms with van der Waals surface area (Å²) in [5, 5.41) is 0. The second kappa shape index (κ2) is 20.6. The van der Waals surface area contributed by atoms with Crippen LogP contribution in [-0.2, 0) is 76.8 Å². The van der Waals surface area contributed by atoms with E-state index in [4.69, 9.17) is 28.4 Å². The number of hydrogen-bond acceptors (Lipinski definition) is 15. The van der Waals surface area contributed by atoms with Gasteiger partial charge in [-0.3, -0.25) is 43.5 Å². The van der Waals surface area contributed by atoms with Crippen LogP contribution in [0.5, 0.6) is 0 Å². The lowest BCUT2D eigenvalue weighted by Crippen LogP contribution is -2.36. The molecule has 7 rings (SSSR count). The standard InChI is InChI=1S/C45H51N3O12/c49-40-16-18-42(51)57-36-27-47(23-32-12-6-2-7-13-32)29-38(36)59-44(53)20-21-45(54)60-39-30-48(24-33-14-8-3-9-15-33)28-37(39)58-43(52)19-17-41(50)56-35-26-46(25-34(35)55-40)22-31-10-4-1-5-11-31/h1-15,34-39H,16-30H2/t34-,35-,36-,37-,38-,39-/m0/s1. The molecule has 4 fully saturated rings. The van der Waals surface area contributed by atoms with Crippen molar-refractivity contribution in [1.82, 2.24) is 14.7 Å². The molecule has 15 heteroatoms. The topological polar surface area (TPSA) is 168 Å². The fraction of sp³-hybridized carbons (Fsp3) is 0.467. The Morgan fingerprint density at radius 3 is 0.683 bits per heavy atom. The van der Waals surface area contributed by atoms with E-state index in [1.54, 1.807) is 0 Å². The zero-order chi connectivity index (χ0) is 41.8.